The lowest BCUT2D eigenvalue weighted by Gasteiger charge is -2.12. The fourth-order valence-electron chi connectivity index (χ4n) is 1.48. The highest BCUT2D eigenvalue weighted by molar-refractivity contribution is 14.1. The van der Waals surface area contributed by atoms with E-state index >= 15 is 0 Å². The topological polar surface area (TPSA) is 35.2 Å². The van der Waals surface area contributed by atoms with Crippen LogP contribution in [0.1, 0.15) is 5.56 Å². The second kappa shape index (κ2) is 6.60. The van der Waals surface area contributed by atoms with E-state index < -0.39 is 0 Å². The van der Waals surface area contributed by atoms with Gasteiger partial charge in [-0.2, -0.15) is 0 Å². The zero-order valence-corrected chi connectivity index (χ0v) is 15.8. The van der Waals surface area contributed by atoms with Crippen molar-refractivity contribution >= 4 is 73.5 Å². The Hall–Kier alpha value is 0.230. The molecule has 5 heteroatoms. The predicted molar refractivity (Wildman–Crippen MR) is 99.8 cm³/mol. The number of nitrogen functional groups attached to an aromatic ring is 1. The molecule has 0 bridgehead atoms. The van der Waals surface area contributed by atoms with Crippen LogP contribution < -0.4 is 10.5 Å². The lowest BCUT2D eigenvalue weighted by Crippen LogP contribution is -2.02. The molecule has 0 unspecified atom stereocenters. The van der Waals surface area contributed by atoms with Gasteiger partial charge in [0, 0.05) is 14.8 Å². The molecule has 0 aliphatic rings. The van der Waals surface area contributed by atoms with Crippen molar-refractivity contribution in [2.24, 2.45) is 0 Å². The zero-order valence-electron chi connectivity index (χ0n) is 9.29. The molecule has 0 heterocycles. The van der Waals surface area contributed by atoms with Gasteiger partial charge in [0.05, 0.1) is 7.14 Å². The molecule has 0 saturated carbocycles. The Morgan fingerprint density at radius 3 is 2.22 bits per heavy atom. The van der Waals surface area contributed by atoms with E-state index in [9.17, 15) is 0 Å². The van der Waals surface area contributed by atoms with Gasteiger partial charge in [-0.25, -0.2) is 0 Å². The SMILES string of the molecule is Nc1ccccc1COc1c(I)cc(I)cc1I. The Morgan fingerprint density at radius 1 is 1.00 bits per heavy atom. The number of halogens is 3. The fourth-order valence-corrected chi connectivity index (χ4v) is 5.38. The highest BCUT2D eigenvalue weighted by atomic mass is 127. The van der Waals surface area contributed by atoms with Gasteiger partial charge in [0.2, 0.25) is 0 Å². The van der Waals surface area contributed by atoms with E-state index in [-0.39, 0.29) is 0 Å². The first-order valence-electron chi connectivity index (χ1n) is 5.18. The van der Waals surface area contributed by atoms with Crippen molar-refractivity contribution in [3.63, 3.8) is 0 Å². The summed E-state index contributed by atoms with van der Waals surface area (Å²) in [5.74, 6) is 0.930. The van der Waals surface area contributed by atoms with Gasteiger partial charge in [-0.05, 0) is 86.0 Å². The number of rotatable bonds is 3. The third-order valence-electron chi connectivity index (χ3n) is 2.39. The number of nitrogens with two attached hydrogens (primary N) is 1. The summed E-state index contributed by atoms with van der Waals surface area (Å²) in [5, 5.41) is 0. The highest BCUT2D eigenvalue weighted by Gasteiger charge is 2.09. The summed E-state index contributed by atoms with van der Waals surface area (Å²) in [6.45, 7) is 0.499. The van der Waals surface area contributed by atoms with Gasteiger partial charge in [-0.15, -0.1) is 0 Å². The molecule has 94 valence electrons. The standard InChI is InChI=1S/C13H10I3NO/c14-9-5-10(15)13(11(16)6-9)18-7-8-3-1-2-4-12(8)17/h1-6H,7,17H2. The first-order chi connectivity index (χ1) is 8.58. The summed E-state index contributed by atoms with van der Waals surface area (Å²) in [4.78, 5) is 0. The fraction of sp³-hybridized carbons (Fsp3) is 0.0769. The molecule has 2 rings (SSSR count). The minimum Gasteiger partial charge on any atom is -0.487 e. The number of hydrogen-bond donors (Lipinski definition) is 1. The third-order valence-corrected chi connectivity index (χ3v) is 4.62. The zero-order chi connectivity index (χ0) is 13.1. The van der Waals surface area contributed by atoms with E-state index in [0.29, 0.717) is 6.61 Å². The quantitative estimate of drug-likeness (QED) is 0.426. The van der Waals surface area contributed by atoms with E-state index in [2.05, 4.69) is 79.9 Å². The molecule has 2 nitrogen and oxygen atoms in total. The first-order valence-corrected chi connectivity index (χ1v) is 8.42. The number of benzene rings is 2. The summed E-state index contributed by atoms with van der Waals surface area (Å²) < 4.78 is 9.35. The number of para-hydroxylation sites is 1. The van der Waals surface area contributed by atoms with Crippen LogP contribution in [0.15, 0.2) is 36.4 Å². The Labute approximate surface area is 147 Å². The number of hydrogen-bond acceptors (Lipinski definition) is 2. The largest absolute Gasteiger partial charge is 0.487 e. The average molecular weight is 577 g/mol. The maximum atomic E-state index is 5.90. The van der Waals surface area contributed by atoms with Gasteiger partial charge in [0.1, 0.15) is 12.4 Å². The van der Waals surface area contributed by atoms with Crippen LogP contribution >= 0.6 is 67.8 Å². The van der Waals surface area contributed by atoms with Gasteiger partial charge in [-0.3, -0.25) is 0 Å². The first kappa shape index (κ1) is 14.6. The summed E-state index contributed by atoms with van der Waals surface area (Å²) in [6, 6.07) is 12.0. The van der Waals surface area contributed by atoms with Gasteiger partial charge in [-0.1, -0.05) is 18.2 Å². The maximum Gasteiger partial charge on any atom is 0.146 e. The van der Waals surface area contributed by atoms with Crippen LogP contribution in [0.2, 0.25) is 0 Å². The molecular weight excluding hydrogens is 567 g/mol. The Morgan fingerprint density at radius 2 is 1.61 bits per heavy atom. The molecule has 0 atom stereocenters. The minimum atomic E-state index is 0.499. The van der Waals surface area contributed by atoms with Crippen LogP contribution in [-0.4, -0.2) is 0 Å². The molecule has 2 aromatic rings. The molecule has 18 heavy (non-hydrogen) atoms. The maximum absolute atomic E-state index is 5.90. The van der Waals surface area contributed by atoms with Gasteiger partial charge in [0.15, 0.2) is 0 Å². The molecule has 2 N–H and O–H groups in total. The van der Waals surface area contributed by atoms with Crippen molar-refractivity contribution in [1.82, 2.24) is 0 Å². The molecule has 0 saturated heterocycles. The van der Waals surface area contributed by atoms with Crippen LogP contribution in [0, 0.1) is 10.7 Å². The van der Waals surface area contributed by atoms with E-state index in [1.54, 1.807) is 0 Å². The normalized spacial score (nSPS) is 10.4. The second-order valence-corrected chi connectivity index (χ2v) is 7.26. The summed E-state index contributed by atoms with van der Waals surface area (Å²) in [5.41, 5.74) is 7.69. The van der Waals surface area contributed by atoms with Crippen molar-refractivity contribution in [3.05, 3.63) is 52.7 Å². The summed E-state index contributed by atoms with van der Waals surface area (Å²) >= 11 is 6.90. The van der Waals surface area contributed by atoms with E-state index in [1.807, 2.05) is 24.3 Å². The van der Waals surface area contributed by atoms with Crippen molar-refractivity contribution in [1.29, 1.82) is 0 Å². The molecule has 0 radical (unpaired) electrons. The van der Waals surface area contributed by atoms with E-state index in [1.165, 1.54) is 3.57 Å². The number of anilines is 1. The van der Waals surface area contributed by atoms with Crippen LogP contribution in [0.3, 0.4) is 0 Å². The number of ether oxygens (including phenoxy) is 1. The molecule has 2 aromatic carbocycles. The Kier molecular flexibility index (Phi) is 5.36. The van der Waals surface area contributed by atoms with Gasteiger partial charge in [0.25, 0.3) is 0 Å². The molecule has 0 amide bonds. The van der Waals surface area contributed by atoms with Crippen molar-refractivity contribution < 1.29 is 4.74 Å². The highest BCUT2D eigenvalue weighted by Crippen LogP contribution is 2.30. The second-order valence-electron chi connectivity index (χ2n) is 3.69. The van der Waals surface area contributed by atoms with Crippen molar-refractivity contribution in [3.8, 4) is 5.75 Å². The lowest BCUT2D eigenvalue weighted by molar-refractivity contribution is 0.302. The molecule has 0 aromatic heterocycles. The molecule has 0 aliphatic carbocycles. The van der Waals surface area contributed by atoms with Gasteiger partial charge < -0.3 is 10.5 Å². The van der Waals surface area contributed by atoms with Gasteiger partial charge >= 0.3 is 0 Å². The van der Waals surface area contributed by atoms with E-state index in [0.717, 1.165) is 24.1 Å². The Bertz CT molecular complexity index is 549. The lowest BCUT2D eigenvalue weighted by atomic mass is 10.2. The van der Waals surface area contributed by atoms with Crippen molar-refractivity contribution in [2.45, 2.75) is 6.61 Å². The van der Waals surface area contributed by atoms with Crippen molar-refractivity contribution in [2.75, 3.05) is 5.73 Å². The monoisotopic (exact) mass is 577 g/mol. The summed E-state index contributed by atoms with van der Waals surface area (Å²) in [6.07, 6.45) is 0. The molecule has 0 fully saturated rings. The molecule has 0 aliphatic heterocycles. The third kappa shape index (κ3) is 3.62. The smallest absolute Gasteiger partial charge is 0.146 e. The van der Waals surface area contributed by atoms with Crippen LogP contribution in [0.5, 0.6) is 5.75 Å². The summed E-state index contributed by atoms with van der Waals surface area (Å²) in [7, 11) is 0. The van der Waals surface area contributed by atoms with Crippen LogP contribution in [0.25, 0.3) is 0 Å². The molecular formula is C13H10I3NO. The van der Waals surface area contributed by atoms with Crippen LogP contribution in [0.4, 0.5) is 5.69 Å². The van der Waals surface area contributed by atoms with Crippen LogP contribution in [-0.2, 0) is 6.61 Å². The predicted octanol–water partition coefficient (Wildman–Crippen LogP) is 4.66. The minimum absolute atomic E-state index is 0.499. The average Bonchev–Trinajstić information content (AvgIpc) is 2.30. The van der Waals surface area contributed by atoms with E-state index in [4.69, 9.17) is 10.5 Å². The molecule has 0 spiro atoms. The Balaban J connectivity index is 2.19.